The van der Waals surface area contributed by atoms with Crippen LogP contribution in [0.15, 0.2) is 34.2 Å². The predicted octanol–water partition coefficient (Wildman–Crippen LogP) is 1.39. The Bertz CT molecular complexity index is 1020. The Morgan fingerprint density at radius 3 is 2.57 bits per heavy atom. The third-order valence-corrected chi connectivity index (χ3v) is 6.67. The molecule has 1 heterocycles. The maximum absolute atomic E-state index is 12.5. The molecule has 0 aromatic heterocycles. The summed E-state index contributed by atoms with van der Waals surface area (Å²) < 4.78 is 31.8. The Morgan fingerprint density at radius 2 is 1.90 bits per heavy atom. The van der Waals surface area contributed by atoms with E-state index in [0.717, 1.165) is 19.3 Å². The number of amidine groups is 1. The van der Waals surface area contributed by atoms with Crippen LogP contribution in [0.5, 0.6) is 0 Å². The number of carbonyl (C=O) groups is 2. The molecule has 0 saturated heterocycles. The summed E-state index contributed by atoms with van der Waals surface area (Å²) in [5, 5.41) is 12.2. The van der Waals surface area contributed by atoms with Crippen LogP contribution < -0.4 is 10.0 Å². The molecule has 1 aromatic carbocycles. The van der Waals surface area contributed by atoms with Crippen LogP contribution in [0.1, 0.15) is 51.5 Å². The molecule has 1 aliphatic carbocycles. The van der Waals surface area contributed by atoms with Crippen molar-refractivity contribution in [2.75, 3.05) is 0 Å². The van der Waals surface area contributed by atoms with Gasteiger partial charge >= 0.3 is 5.97 Å². The van der Waals surface area contributed by atoms with Gasteiger partial charge in [-0.1, -0.05) is 31.4 Å². The second kappa shape index (κ2) is 8.44. The minimum absolute atomic E-state index is 0.0535. The van der Waals surface area contributed by atoms with Gasteiger partial charge in [0, 0.05) is 5.56 Å². The molecule has 160 valence electrons. The fourth-order valence-corrected chi connectivity index (χ4v) is 4.80. The first-order chi connectivity index (χ1) is 14.2. The Balaban J connectivity index is 1.65. The molecule has 2 unspecified atom stereocenters. The van der Waals surface area contributed by atoms with E-state index in [-0.39, 0.29) is 10.7 Å². The number of amides is 1. The topological polar surface area (TPSA) is 138 Å². The summed E-state index contributed by atoms with van der Waals surface area (Å²) in [6.45, 7) is 2.88. The molecular weight excluding hydrogens is 408 g/mol. The highest BCUT2D eigenvalue weighted by Crippen LogP contribution is 2.27. The van der Waals surface area contributed by atoms with Gasteiger partial charge in [0.05, 0.1) is 11.0 Å². The van der Waals surface area contributed by atoms with Crippen molar-refractivity contribution >= 4 is 27.7 Å². The Morgan fingerprint density at radius 1 is 1.23 bits per heavy atom. The summed E-state index contributed by atoms with van der Waals surface area (Å²) in [6.07, 6.45) is 2.76. The van der Waals surface area contributed by atoms with Gasteiger partial charge in [0.25, 0.3) is 15.9 Å². The van der Waals surface area contributed by atoms with E-state index in [1.165, 1.54) is 19.9 Å². The van der Waals surface area contributed by atoms with E-state index in [0.29, 0.717) is 18.4 Å². The van der Waals surface area contributed by atoms with Gasteiger partial charge < -0.3 is 10.1 Å². The molecule has 1 amide bonds. The van der Waals surface area contributed by atoms with Crippen LogP contribution in [0.25, 0.3) is 0 Å². The number of ether oxygens (including phenoxy) is 1. The van der Waals surface area contributed by atoms with Crippen molar-refractivity contribution in [3.05, 3.63) is 29.8 Å². The number of sulfonamides is 1. The van der Waals surface area contributed by atoms with Gasteiger partial charge in [-0.15, -0.1) is 0 Å². The molecule has 0 spiro atoms. The highest BCUT2D eigenvalue weighted by atomic mass is 32.2. The SMILES string of the molecule is CC(N=C1NS(=O)(=O)c2ccccc21)C(=O)OC(C)C(=O)NC1(C#N)CCCCC1. The summed E-state index contributed by atoms with van der Waals surface area (Å²) in [7, 11) is -3.72. The molecular formula is C20H24N4O5S. The third kappa shape index (κ3) is 4.46. The molecule has 3 rings (SSSR count). The first-order valence-corrected chi connectivity index (χ1v) is 11.3. The highest BCUT2D eigenvalue weighted by molar-refractivity contribution is 7.90. The number of hydrogen-bond donors (Lipinski definition) is 2. The molecule has 10 heteroatoms. The van der Waals surface area contributed by atoms with E-state index < -0.39 is 39.6 Å². The molecule has 2 N–H and O–H groups in total. The maximum atomic E-state index is 12.5. The second-order valence-corrected chi connectivity index (χ2v) is 9.23. The number of aliphatic imine (C=N–C) groups is 1. The summed E-state index contributed by atoms with van der Waals surface area (Å²) in [4.78, 5) is 29.1. The first-order valence-electron chi connectivity index (χ1n) is 9.81. The zero-order valence-corrected chi connectivity index (χ0v) is 17.7. The van der Waals surface area contributed by atoms with E-state index in [4.69, 9.17) is 4.74 Å². The van der Waals surface area contributed by atoms with Gasteiger partial charge in [-0.05, 0) is 38.8 Å². The minimum atomic E-state index is -3.72. The largest absolute Gasteiger partial charge is 0.451 e. The van der Waals surface area contributed by atoms with Crippen LogP contribution in [0.3, 0.4) is 0 Å². The number of hydrogen-bond acceptors (Lipinski definition) is 7. The van der Waals surface area contributed by atoms with Crippen LogP contribution in [0, 0.1) is 11.3 Å². The van der Waals surface area contributed by atoms with Crippen LogP contribution >= 0.6 is 0 Å². The van der Waals surface area contributed by atoms with E-state index in [1.54, 1.807) is 18.2 Å². The van der Waals surface area contributed by atoms with Gasteiger partial charge in [-0.2, -0.15) is 5.26 Å². The molecule has 9 nitrogen and oxygen atoms in total. The summed E-state index contributed by atoms with van der Waals surface area (Å²) in [5.74, 6) is -1.26. The predicted molar refractivity (Wildman–Crippen MR) is 108 cm³/mol. The van der Waals surface area contributed by atoms with Crippen molar-refractivity contribution in [1.29, 1.82) is 5.26 Å². The lowest BCUT2D eigenvalue weighted by atomic mass is 9.83. The molecule has 2 atom stereocenters. The fourth-order valence-electron chi connectivity index (χ4n) is 3.56. The number of nitrogens with one attached hydrogen (secondary N) is 2. The summed E-state index contributed by atoms with van der Waals surface area (Å²) in [5.41, 5.74) is -0.551. The van der Waals surface area contributed by atoms with Crippen molar-refractivity contribution in [3.63, 3.8) is 0 Å². The van der Waals surface area contributed by atoms with Crippen molar-refractivity contribution in [3.8, 4) is 6.07 Å². The van der Waals surface area contributed by atoms with Gasteiger partial charge in [0.2, 0.25) is 0 Å². The van der Waals surface area contributed by atoms with Crippen LogP contribution in [-0.4, -0.2) is 43.8 Å². The van der Waals surface area contributed by atoms with E-state index >= 15 is 0 Å². The fraction of sp³-hybridized carbons (Fsp3) is 0.500. The van der Waals surface area contributed by atoms with Crippen LogP contribution in [-0.2, 0) is 24.3 Å². The smallest absolute Gasteiger partial charge is 0.331 e. The van der Waals surface area contributed by atoms with Crippen LogP contribution in [0.4, 0.5) is 0 Å². The van der Waals surface area contributed by atoms with Crippen molar-refractivity contribution in [2.24, 2.45) is 4.99 Å². The van der Waals surface area contributed by atoms with E-state index in [2.05, 4.69) is 21.1 Å². The van der Waals surface area contributed by atoms with E-state index in [1.807, 2.05) is 0 Å². The Labute approximate surface area is 175 Å². The summed E-state index contributed by atoms with van der Waals surface area (Å²) in [6, 6.07) is 7.45. The summed E-state index contributed by atoms with van der Waals surface area (Å²) >= 11 is 0. The van der Waals surface area contributed by atoms with Gasteiger partial charge in [0.1, 0.15) is 17.4 Å². The monoisotopic (exact) mass is 432 g/mol. The molecule has 1 saturated carbocycles. The normalized spacial score (nSPS) is 22.1. The second-order valence-electron chi connectivity index (χ2n) is 7.58. The first kappa shape index (κ1) is 21.8. The standard InChI is InChI=1S/C20H24N4O5S/c1-13(22-17-15-8-4-5-9-16(15)30(27,28)24-17)19(26)29-14(2)18(25)23-20(12-21)10-6-3-7-11-20/h4-5,8-9,13-14H,3,6-7,10-11H2,1-2H3,(H,22,24)(H,23,25). The van der Waals surface area contributed by atoms with Crippen LogP contribution in [0.2, 0.25) is 0 Å². The zero-order valence-electron chi connectivity index (χ0n) is 16.8. The highest BCUT2D eigenvalue weighted by Gasteiger charge is 2.36. The van der Waals surface area contributed by atoms with E-state index in [9.17, 15) is 23.3 Å². The maximum Gasteiger partial charge on any atom is 0.331 e. The lowest BCUT2D eigenvalue weighted by Crippen LogP contribution is -2.52. The van der Waals surface area contributed by atoms with Crippen molar-refractivity contribution < 1.29 is 22.7 Å². The average molecular weight is 433 g/mol. The lowest BCUT2D eigenvalue weighted by molar-refractivity contribution is -0.156. The molecule has 2 aliphatic rings. The Kier molecular flexibility index (Phi) is 6.12. The third-order valence-electron chi connectivity index (χ3n) is 5.27. The minimum Gasteiger partial charge on any atom is -0.451 e. The number of nitriles is 1. The van der Waals surface area contributed by atoms with Gasteiger partial charge in [0.15, 0.2) is 6.10 Å². The number of carbonyl (C=O) groups excluding carboxylic acids is 2. The van der Waals surface area contributed by atoms with Crippen molar-refractivity contribution in [2.45, 2.75) is 68.5 Å². The average Bonchev–Trinajstić information content (AvgIpc) is 2.98. The number of rotatable bonds is 5. The number of benzene rings is 1. The molecule has 1 aliphatic heterocycles. The molecule has 0 bridgehead atoms. The van der Waals surface area contributed by atoms with Crippen molar-refractivity contribution in [1.82, 2.24) is 10.0 Å². The number of nitrogens with zero attached hydrogens (tertiary/aromatic N) is 2. The number of fused-ring (bicyclic) bond motifs is 1. The van der Waals surface area contributed by atoms with Gasteiger partial charge in [-0.3, -0.25) is 14.5 Å². The number of esters is 1. The molecule has 30 heavy (non-hydrogen) atoms. The zero-order chi connectivity index (χ0) is 21.9. The molecule has 1 fully saturated rings. The molecule has 1 aromatic rings. The van der Waals surface area contributed by atoms with Gasteiger partial charge in [-0.25, -0.2) is 13.2 Å². The lowest BCUT2D eigenvalue weighted by Gasteiger charge is -2.32. The quantitative estimate of drug-likeness (QED) is 0.675. The Hall–Kier alpha value is -2.93. The molecule has 0 radical (unpaired) electrons.